The number of carbonyl (C=O) groups is 2. The number of aromatic amines is 1. The largest absolute Gasteiger partial charge is 0.452 e. The standard InChI is InChI=1S/C20H16N2O4/c1-22(2)20(24)25-13-7-8-15-17(10-13)26-18(19(15)23)9-12-11-21-16-6-4-3-5-14(12)16/h3-11,21H,1-2H3/b18-9+. The molecule has 2 aromatic carbocycles. The molecule has 130 valence electrons. The number of aromatic nitrogens is 1. The highest BCUT2D eigenvalue weighted by Crippen LogP contribution is 2.35. The van der Waals surface area contributed by atoms with Crippen LogP contribution in [0.1, 0.15) is 15.9 Å². The molecule has 0 radical (unpaired) electrons. The van der Waals surface area contributed by atoms with Crippen molar-refractivity contribution in [3.63, 3.8) is 0 Å². The minimum atomic E-state index is -0.496. The maximum Gasteiger partial charge on any atom is 0.414 e. The third kappa shape index (κ3) is 2.71. The molecule has 0 bridgehead atoms. The Bertz CT molecular complexity index is 1060. The van der Waals surface area contributed by atoms with E-state index in [0.29, 0.717) is 17.1 Å². The molecule has 3 aromatic rings. The van der Waals surface area contributed by atoms with Crippen LogP contribution in [-0.2, 0) is 0 Å². The van der Waals surface area contributed by atoms with E-state index in [1.807, 2.05) is 30.5 Å². The molecule has 1 amide bonds. The highest BCUT2D eigenvalue weighted by molar-refractivity contribution is 6.15. The molecule has 6 nitrogen and oxygen atoms in total. The fraction of sp³-hybridized carbons (Fsp3) is 0.100. The zero-order valence-corrected chi connectivity index (χ0v) is 14.3. The van der Waals surface area contributed by atoms with Crippen LogP contribution in [0.3, 0.4) is 0 Å². The first-order valence-electron chi connectivity index (χ1n) is 8.06. The Labute approximate surface area is 149 Å². The van der Waals surface area contributed by atoms with Gasteiger partial charge >= 0.3 is 6.09 Å². The van der Waals surface area contributed by atoms with Crippen molar-refractivity contribution in [2.45, 2.75) is 0 Å². The second kappa shape index (κ2) is 6.07. The van der Waals surface area contributed by atoms with Gasteiger partial charge in [0.05, 0.1) is 5.56 Å². The molecule has 26 heavy (non-hydrogen) atoms. The third-order valence-electron chi connectivity index (χ3n) is 4.12. The number of nitrogens with one attached hydrogen (secondary N) is 1. The molecule has 2 heterocycles. The van der Waals surface area contributed by atoms with Crippen molar-refractivity contribution < 1.29 is 19.1 Å². The number of rotatable bonds is 2. The van der Waals surface area contributed by atoms with Crippen LogP contribution in [0, 0.1) is 0 Å². The first-order valence-corrected chi connectivity index (χ1v) is 8.06. The number of hydrogen-bond acceptors (Lipinski definition) is 4. The fourth-order valence-electron chi connectivity index (χ4n) is 2.78. The highest BCUT2D eigenvalue weighted by Gasteiger charge is 2.28. The van der Waals surface area contributed by atoms with Crippen LogP contribution in [0.25, 0.3) is 17.0 Å². The summed E-state index contributed by atoms with van der Waals surface area (Å²) >= 11 is 0. The average Bonchev–Trinajstić information content (AvgIpc) is 3.17. The number of amides is 1. The zero-order valence-electron chi connectivity index (χ0n) is 14.3. The number of fused-ring (bicyclic) bond motifs is 2. The Morgan fingerprint density at radius 1 is 1.19 bits per heavy atom. The minimum absolute atomic E-state index is 0.198. The number of hydrogen-bond donors (Lipinski definition) is 1. The molecule has 0 fully saturated rings. The number of allylic oxidation sites excluding steroid dienone is 1. The monoisotopic (exact) mass is 348 g/mol. The van der Waals surface area contributed by atoms with Crippen molar-refractivity contribution >= 4 is 28.9 Å². The summed E-state index contributed by atoms with van der Waals surface area (Å²) in [6.07, 6.45) is 3.05. The normalized spacial score (nSPS) is 14.4. The van der Waals surface area contributed by atoms with Crippen molar-refractivity contribution in [3.8, 4) is 11.5 Å². The van der Waals surface area contributed by atoms with Crippen LogP contribution in [0.5, 0.6) is 11.5 Å². The van der Waals surface area contributed by atoms with Gasteiger partial charge in [-0.05, 0) is 24.3 Å². The quantitative estimate of drug-likeness (QED) is 0.714. The van der Waals surface area contributed by atoms with Gasteiger partial charge in [0, 0.05) is 42.8 Å². The number of benzene rings is 2. The van der Waals surface area contributed by atoms with Gasteiger partial charge in [0.1, 0.15) is 11.5 Å². The SMILES string of the molecule is CN(C)C(=O)Oc1ccc2c(c1)O/C(=C/c1c[nH]c3ccccc13)C2=O. The summed E-state index contributed by atoms with van der Waals surface area (Å²) in [4.78, 5) is 28.7. The summed E-state index contributed by atoms with van der Waals surface area (Å²) in [7, 11) is 3.19. The minimum Gasteiger partial charge on any atom is -0.452 e. The van der Waals surface area contributed by atoms with Crippen molar-refractivity contribution in [2.24, 2.45) is 0 Å². The maximum atomic E-state index is 12.6. The summed E-state index contributed by atoms with van der Waals surface area (Å²) in [5.74, 6) is 0.741. The van der Waals surface area contributed by atoms with Crippen LogP contribution in [0.15, 0.2) is 54.4 Å². The molecular formula is C20H16N2O4. The van der Waals surface area contributed by atoms with Gasteiger partial charge in [-0.2, -0.15) is 0 Å². The van der Waals surface area contributed by atoms with Crippen LogP contribution in [0.4, 0.5) is 4.79 Å². The number of para-hydroxylation sites is 1. The second-order valence-electron chi connectivity index (χ2n) is 6.15. The van der Waals surface area contributed by atoms with Gasteiger partial charge < -0.3 is 19.4 Å². The van der Waals surface area contributed by atoms with Gasteiger partial charge in [-0.15, -0.1) is 0 Å². The smallest absolute Gasteiger partial charge is 0.414 e. The van der Waals surface area contributed by atoms with E-state index in [4.69, 9.17) is 9.47 Å². The molecule has 4 rings (SSSR count). The molecule has 0 unspecified atom stereocenters. The summed E-state index contributed by atoms with van der Waals surface area (Å²) < 4.78 is 10.9. The number of carbonyl (C=O) groups excluding carboxylic acids is 2. The van der Waals surface area contributed by atoms with Crippen molar-refractivity contribution in [1.82, 2.24) is 9.88 Å². The molecule has 1 N–H and O–H groups in total. The zero-order chi connectivity index (χ0) is 18.3. The molecule has 0 atom stereocenters. The highest BCUT2D eigenvalue weighted by atomic mass is 16.6. The lowest BCUT2D eigenvalue weighted by Gasteiger charge is -2.10. The summed E-state index contributed by atoms with van der Waals surface area (Å²) in [5.41, 5.74) is 2.30. The summed E-state index contributed by atoms with van der Waals surface area (Å²) in [6, 6.07) is 12.6. The molecule has 1 aliphatic rings. The van der Waals surface area contributed by atoms with E-state index in [1.54, 1.807) is 38.4 Å². The van der Waals surface area contributed by atoms with Crippen LogP contribution >= 0.6 is 0 Å². The molecule has 0 saturated carbocycles. The van der Waals surface area contributed by atoms with Crippen LogP contribution in [0.2, 0.25) is 0 Å². The molecule has 1 aromatic heterocycles. The van der Waals surface area contributed by atoms with Crippen LogP contribution < -0.4 is 9.47 Å². The third-order valence-corrected chi connectivity index (χ3v) is 4.12. The molecule has 0 spiro atoms. The number of Topliss-reactive ketones (excluding diaryl/α,β-unsaturated/α-hetero) is 1. The van der Waals surface area contributed by atoms with E-state index in [1.165, 1.54) is 4.90 Å². The average molecular weight is 348 g/mol. The Morgan fingerprint density at radius 3 is 2.81 bits per heavy atom. The van der Waals surface area contributed by atoms with Gasteiger partial charge in [-0.3, -0.25) is 4.79 Å². The predicted molar refractivity (Wildman–Crippen MR) is 97.4 cm³/mol. The van der Waals surface area contributed by atoms with E-state index >= 15 is 0 Å². The fourth-order valence-corrected chi connectivity index (χ4v) is 2.78. The van der Waals surface area contributed by atoms with E-state index in [0.717, 1.165) is 16.5 Å². The molecule has 1 aliphatic heterocycles. The molecule has 6 heteroatoms. The lowest BCUT2D eigenvalue weighted by molar-refractivity contribution is 0.101. The van der Waals surface area contributed by atoms with Crippen molar-refractivity contribution in [2.75, 3.05) is 14.1 Å². The Kier molecular flexibility index (Phi) is 3.73. The molecule has 0 aliphatic carbocycles. The first-order chi connectivity index (χ1) is 12.5. The summed E-state index contributed by atoms with van der Waals surface area (Å²) in [6.45, 7) is 0. The molecular weight excluding hydrogens is 332 g/mol. The van der Waals surface area contributed by atoms with Gasteiger partial charge in [-0.1, -0.05) is 18.2 Å². The van der Waals surface area contributed by atoms with Crippen LogP contribution in [-0.4, -0.2) is 35.9 Å². The van der Waals surface area contributed by atoms with Gasteiger partial charge in [0.15, 0.2) is 5.76 Å². The van der Waals surface area contributed by atoms with Gasteiger partial charge in [-0.25, -0.2) is 4.79 Å². The lowest BCUT2D eigenvalue weighted by atomic mass is 10.1. The number of H-pyrrole nitrogens is 1. The van der Waals surface area contributed by atoms with Crippen molar-refractivity contribution in [3.05, 3.63) is 65.5 Å². The Morgan fingerprint density at radius 2 is 2.00 bits per heavy atom. The van der Waals surface area contributed by atoms with E-state index in [9.17, 15) is 9.59 Å². The molecule has 0 saturated heterocycles. The lowest BCUT2D eigenvalue weighted by Crippen LogP contribution is -2.25. The second-order valence-corrected chi connectivity index (χ2v) is 6.15. The predicted octanol–water partition coefficient (Wildman–Crippen LogP) is 3.84. The van der Waals surface area contributed by atoms with Gasteiger partial charge in [0.25, 0.3) is 0 Å². The van der Waals surface area contributed by atoms with Gasteiger partial charge in [0.2, 0.25) is 5.78 Å². The van der Waals surface area contributed by atoms with E-state index in [2.05, 4.69) is 4.98 Å². The van der Waals surface area contributed by atoms with Crippen molar-refractivity contribution in [1.29, 1.82) is 0 Å². The Hall–Kier alpha value is -3.54. The Balaban J connectivity index is 1.64. The first kappa shape index (κ1) is 16.0. The topological polar surface area (TPSA) is 71.6 Å². The van der Waals surface area contributed by atoms with E-state index in [-0.39, 0.29) is 11.5 Å². The number of ketones is 1. The summed E-state index contributed by atoms with van der Waals surface area (Å²) in [5, 5.41) is 1.01. The maximum absolute atomic E-state index is 12.6. The number of ether oxygens (including phenoxy) is 2. The van der Waals surface area contributed by atoms with E-state index < -0.39 is 6.09 Å². The number of nitrogens with zero attached hydrogens (tertiary/aromatic N) is 1.